The first-order chi connectivity index (χ1) is 14.9. The van der Waals surface area contributed by atoms with Crippen LogP contribution in [0.25, 0.3) is 23.1 Å². The molecule has 31 heavy (non-hydrogen) atoms. The second-order valence-corrected chi connectivity index (χ2v) is 7.64. The molecular weight excluding hydrogens is 450 g/mol. The van der Waals surface area contributed by atoms with Gasteiger partial charge in [-0.15, -0.1) is 10.2 Å². The predicted molar refractivity (Wildman–Crippen MR) is 110 cm³/mol. The Kier molecular flexibility index (Phi) is 5.96. The Bertz CT molecular complexity index is 1240. The van der Waals surface area contributed by atoms with Crippen LogP contribution in [0.4, 0.5) is 14.5 Å². The fraction of sp³-hybridized carbons (Fsp3) is 0.105. The van der Waals surface area contributed by atoms with Gasteiger partial charge in [0.25, 0.3) is 5.89 Å². The number of anilines is 1. The van der Waals surface area contributed by atoms with E-state index in [9.17, 15) is 13.6 Å². The molecule has 4 rings (SSSR count). The van der Waals surface area contributed by atoms with Crippen LogP contribution in [0.15, 0.2) is 52.1 Å². The number of nitrogens with one attached hydrogen (secondary N) is 1. The summed E-state index contributed by atoms with van der Waals surface area (Å²) in [4.78, 5) is 16.4. The lowest BCUT2D eigenvalue weighted by molar-refractivity contribution is -0.113. The third-order valence-electron chi connectivity index (χ3n) is 4.09. The molecule has 0 unspecified atom stereocenters. The van der Waals surface area contributed by atoms with Crippen LogP contribution in [0.1, 0.15) is 0 Å². The van der Waals surface area contributed by atoms with E-state index in [0.717, 1.165) is 17.8 Å². The molecule has 0 aliphatic carbocycles. The molecule has 4 aromatic rings. The van der Waals surface area contributed by atoms with Gasteiger partial charge in [-0.05, 0) is 42.5 Å². The smallest absolute Gasteiger partial charge is 0.296 e. The monoisotopic (exact) mass is 462 g/mol. The summed E-state index contributed by atoms with van der Waals surface area (Å²) in [7, 11) is 1.68. The molecule has 2 aromatic heterocycles. The summed E-state index contributed by atoms with van der Waals surface area (Å²) >= 11 is 6.80. The molecule has 0 aliphatic heterocycles. The molecule has 0 bridgehead atoms. The van der Waals surface area contributed by atoms with Crippen molar-refractivity contribution in [2.45, 2.75) is 5.16 Å². The third-order valence-corrected chi connectivity index (χ3v) is 5.35. The topological polar surface area (TPSA) is 98.7 Å². The van der Waals surface area contributed by atoms with E-state index in [1.165, 1.54) is 36.4 Å². The van der Waals surface area contributed by atoms with Gasteiger partial charge in [0.05, 0.1) is 11.4 Å². The van der Waals surface area contributed by atoms with Crippen molar-refractivity contribution in [1.29, 1.82) is 0 Å². The van der Waals surface area contributed by atoms with Gasteiger partial charge < -0.3 is 14.4 Å². The third kappa shape index (κ3) is 4.72. The molecular formula is C19H13ClF2N6O2S. The highest BCUT2D eigenvalue weighted by molar-refractivity contribution is 7.99. The summed E-state index contributed by atoms with van der Waals surface area (Å²) in [6, 6.07) is 9.63. The average Bonchev–Trinajstić information content (AvgIpc) is 3.36. The molecule has 0 radical (unpaired) electrons. The lowest BCUT2D eigenvalue weighted by Gasteiger charge is -2.06. The number of amides is 1. The van der Waals surface area contributed by atoms with Crippen molar-refractivity contribution in [3.63, 3.8) is 0 Å². The first-order valence-electron chi connectivity index (χ1n) is 8.78. The molecule has 0 aliphatic rings. The number of rotatable bonds is 6. The van der Waals surface area contributed by atoms with Crippen LogP contribution < -0.4 is 5.32 Å². The van der Waals surface area contributed by atoms with Crippen LogP contribution in [-0.4, -0.2) is 36.6 Å². The van der Waals surface area contributed by atoms with Crippen molar-refractivity contribution >= 4 is 35.0 Å². The number of hydrogen-bond acceptors (Lipinski definition) is 7. The number of thioether (sulfide) groups is 1. The number of halogens is 3. The highest BCUT2D eigenvalue weighted by Gasteiger charge is 2.19. The highest BCUT2D eigenvalue weighted by atomic mass is 35.5. The van der Waals surface area contributed by atoms with Crippen molar-refractivity contribution in [3.05, 3.63) is 59.1 Å². The van der Waals surface area contributed by atoms with E-state index in [4.69, 9.17) is 16.1 Å². The molecule has 8 nitrogen and oxygen atoms in total. The quantitative estimate of drug-likeness (QED) is 0.429. The largest absolute Gasteiger partial charge is 0.330 e. The molecule has 1 N–H and O–H groups in total. The molecule has 2 heterocycles. The van der Waals surface area contributed by atoms with E-state index in [1.54, 1.807) is 11.6 Å². The number of carbonyl (C=O) groups excluding carboxylic acids is 1. The zero-order chi connectivity index (χ0) is 22.0. The van der Waals surface area contributed by atoms with E-state index >= 15 is 0 Å². The molecule has 0 spiro atoms. The van der Waals surface area contributed by atoms with Crippen LogP contribution in [0.5, 0.6) is 0 Å². The molecule has 0 atom stereocenters. The Morgan fingerprint density at radius 3 is 2.71 bits per heavy atom. The molecule has 0 fully saturated rings. The maximum Gasteiger partial charge on any atom is 0.296 e. The summed E-state index contributed by atoms with van der Waals surface area (Å²) < 4.78 is 33.7. The van der Waals surface area contributed by atoms with Gasteiger partial charge in [0, 0.05) is 17.6 Å². The Balaban J connectivity index is 1.42. The minimum absolute atomic E-state index is 0.0291. The minimum atomic E-state index is -0.625. The fourth-order valence-electron chi connectivity index (χ4n) is 2.56. The van der Waals surface area contributed by atoms with Gasteiger partial charge in [0.15, 0.2) is 5.16 Å². The second-order valence-electron chi connectivity index (χ2n) is 6.26. The Morgan fingerprint density at radius 2 is 1.97 bits per heavy atom. The van der Waals surface area contributed by atoms with Crippen LogP contribution in [-0.2, 0) is 11.8 Å². The van der Waals surface area contributed by atoms with Gasteiger partial charge in [-0.1, -0.05) is 28.5 Å². The lowest BCUT2D eigenvalue weighted by Crippen LogP contribution is -2.15. The summed E-state index contributed by atoms with van der Waals surface area (Å²) in [6.07, 6.45) is 0. The standard InChI is InChI=1S/C19H13ClF2N6O2S/c1-28-17(18-24-16(27-30-18)10-2-5-12(21)6-3-10)25-26-19(28)31-9-15(29)23-14-7-4-11(20)8-13(14)22/h2-8H,9H2,1H3,(H,23,29). The Morgan fingerprint density at radius 1 is 1.19 bits per heavy atom. The Labute approximate surface area is 183 Å². The number of hydrogen-bond donors (Lipinski definition) is 1. The second kappa shape index (κ2) is 8.82. The highest BCUT2D eigenvalue weighted by Crippen LogP contribution is 2.25. The summed E-state index contributed by atoms with van der Waals surface area (Å²) in [5, 5.41) is 15.0. The van der Waals surface area contributed by atoms with Crippen molar-refractivity contribution < 1.29 is 18.1 Å². The van der Waals surface area contributed by atoms with Gasteiger partial charge in [0.1, 0.15) is 11.6 Å². The summed E-state index contributed by atoms with van der Waals surface area (Å²) in [5.74, 6) is -0.755. The Hall–Kier alpha value is -3.31. The first-order valence-corrected chi connectivity index (χ1v) is 10.1. The van der Waals surface area contributed by atoms with E-state index < -0.39 is 11.7 Å². The van der Waals surface area contributed by atoms with Crippen molar-refractivity contribution in [3.8, 4) is 23.1 Å². The maximum atomic E-state index is 13.8. The zero-order valence-electron chi connectivity index (χ0n) is 15.8. The predicted octanol–water partition coefficient (Wildman–Crippen LogP) is 4.19. The van der Waals surface area contributed by atoms with E-state index in [0.29, 0.717) is 16.5 Å². The zero-order valence-corrected chi connectivity index (χ0v) is 17.4. The van der Waals surface area contributed by atoms with Crippen molar-refractivity contribution in [2.75, 3.05) is 11.1 Å². The molecule has 12 heteroatoms. The SMILES string of the molecule is Cn1c(SCC(=O)Nc2ccc(Cl)cc2F)nnc1-c1nc(-c2ccc(F)cc2)no1. The molecule has 2 aromatic carbocycles. The lowest BCUT2D eigenvalue weighted by atomic mass is 10.2. The van der Waals surface area contributed by atoms with Crippen LogP contribution in [0.2, 0.25) is 5.02 Å². The van der Waals surface area contributed by atoms with Crippen molar-refractivity contribution in [1.82, 2.24) is 24.9 Å². The van der Waals surface area contributed by atoms with Gasteiger partial charge in [-0.25, -0.2) is 8.78 Å². The van der Waals surface area contributed by atoms with Gasteiger partial charge in [-0.3, -0.25) is 4.79 Å². The molecule has 1 amide bonds. The normalized spacial score (nSPS) is 11.0. The molecule has 0 saturated heterocycles. The maximum absolute atomic E-state index is 13.8. The summed E-state index contributed by atoms with van der Waals surface area (Å²) in [6.45, 7) is 0. The fourth-order valence-corrected chi connectivity index (χ4v) is 3.43. The number of carbonyl (C=O) groups is 1. The number of aromatic nitrogens is 5. The molecule has 0 saturated carbocycles. The van der Waals surface area contributed by atoms with Gasteiger partial charge in [0.2, 0.25) is 17.6 Å². The number of nitrogens with zero attached hydrogens (tertiary/aromatic N) is 5. The van der Waals surface area contributed by atoms with Crippen molar-refractivity contribution in [2.24, 2.45) is 7.05 Å². The molecule has 158 valence electrons. The van der Waals surface area contributed by atoms with E-state index in [1.807, 2.05) is 0 Å². The van der Waals surface area contributed by atoms with Gasteiger partial charge in [-0.2, -0.15) is 4.98 Å². The minimum Gasteiger partial charge on any atom is -0.330 e. The summed E-state index contributed by atoms with van der Waals surface area (Å²) in [5.41, 5.74) is 0.618. The first kappa shape index (κ1) is 20.9. The number of benzene rings is 2. The van der Waals surface area contributed by atoms with Crippen LogP contribution in [0, 0.1) is 11.6 Å². The van der Waals surface area contributed by atoms with E-state index in [2.05, 4.69) is 25.7 Å². The van der Waals surface area contributed by atoms with Crippen LogP contribution >= 0.6 is 23.4 Å². The van der Waals surface area contributed by atoms with E-state index in [-0.39, 0.29) is 34.0 Å². The average molecular weight is 463 g/mol. The van der Waals surface area contributed by atoms with Gasteiger partial charge >= 0.3 is 0 Å². The van der Waals surface area contributed by atoms with Crippen LogP contribution in [0.3, 0.4) is 0 Å².